The van der Waals surface area contributed by atoms with Crippen molar-refractivity contribution in [1.82, 2.24) is 10.7 Å². The maximum atomic E-state index is 11.9. The fourth-order valence-corrected chi connectivity index (χ4v) is 2.43. The molecule has 3 N–H and O–H groups in total. The van der Waals surface area contributed by atoms with Gasteiger partial charge in [0, 0.05) is 17.3 Å². The molecule has 0 saturated carbocycles. The third-order valence-electron chi connectivity index (χ3n) is 3.76. The highest BCUT2D eigenvalue weighted by atomic mass is 35.5. The second-order valence-corrected chi connectivity index (χ2v) is 6.66. The molecule has 0 aliphatic carbocycles. The molecule has 0 aliphatic rings. The molecular formula is C21H23ClN4O4. The average Bonchev–Trinajstić information content (AvgIpc) is 2.73. The normalized spacial score (nSPS) is 10.5. The van der Waals surface area contributed by atoms with E-state index >= 15 is 0 Å². The van der Waals surface area contributed by atoms with Gasteiger partial charge in [-0.25, -0.2) is 5.43 Å². The maximum Gasteiger partial charge on any atom is 0.329 e. The highest BCUT2D eigenvalue weighted by Crippen LogP contribution is 2.15. The van der Waals surface area contributed by atoms with E-state index < -0.39 is 11.8 Å². The predicted molar refractivity (Wildman–Crippen MR) is 116 cm³/mol. The summed E-state index contributed by atoms with van der Waals surface area (Å²) in [7, 11) is 0. The first-order chi connectivity index (χ1) is 14.5. The highest BCUT2D eigenvalue weighted by Gasteiger charge is 2.11. The number of carbonyl (C=O) groups is 3. The molecule has 0 spiro atoms. The van der Waals surface area contributed by atoms with Gasteiger partial charge >= 0.3 is 11.8 Å². The minimum absolute atomic E-state index is 0.164. The zero-order valence-corrected chi connectivity index (χ0v) is 17.2. The van der Waals surface area contributed by atoms with E-state index in [9.17, 15) is 14.4 Å². The van der Waals surface area contributed by atoms with Crippen LogP contribution in [0, 0.1) is 0 Å². The number of ether oxygens (including phenoxy) is 1. The summed E-state index contributed by atoms with van der Waals surface area (Å²) in [5.41, 5.74) is 3.43. The average molecular weight is 431 g/mol. The summed E-state index contributed by atoms with van der Waals surface area (Å²) >= 11 is 5.87. The number of benzene rings is 2. The van der Waals surface area contributed by atoms with Crippen molar-refractivity contribution >= 4 is 41.2 Å². The van der Waals surface area contributed by atoms with Crippen LogP contribution in [0.15, 0.2) is 53.6 Å². The third-order valence-corrected chi connectivity index (χ3v) is 4.00. The molecule has 9 heteroatoms. The molecule has 8 nitrogen and oxygen atoms in total. The Morgan fingerprint density at radius 2 is 1.87 bits per heavy atom. The Labute approximate surface area is 179 Å². The minimum Gasteiger partial charge on any atom is -0.484 e. The minimum atomic E-state index is -0.826. The van der Waals surface area contributed by atoms with Crippen molar-refractivity contribution in [3.8, 4) is 5.75 Å². The summed E-state index contributed by atoms with van der Waals surface area (Å²) in [5, 5.41) is 9.46. The lowest BCUT2D eigenvalue weighted by Crippen LogP contribution is -2.38. The van der Waals surface area contributed by atoms with E-state index in [0.717, 1.165) is 12.8 Å². The van der Waals surface area contributed by atoms with Gasteiger partial charge in [0.2, 0.25) is 0 Å². The highest BCUT2D eigenvalue weighted by molar-refractivity contribution is 6.35. The lowest BCUT2D eigenvalue weighted by molar-refractivity contribution is -0.139. The van der Waals surface area contributed by atoms with Crippen LogP contribution in [0.5, 0.6) is 5.75 Å². The molecule has 0 bridgehead atoms. The lowest BCUT2D eigenvalue weighted by atomic mass is 10.2. The zero-order chi connectivity index (χ0) is 21.8. The van der Waals surface area contributed by atoms with E-state index in [0.29, 0.717) is 28.6 Å². The summed E-state index contributed by atoms with van der Waals surface area (Å²) in [4.78, 5) is 35.0. The number of nitrogens with one attached hydrogen (secondary N) is 3. The molecule has 2 aromatic carbocycles. The number of rotatable bonds is 9. The van der Waals surface area contributed by atoms with Gasteiger partial charge in [-0.3, -0.25) is 14.4 Å². The second kappa shape index (κ2) is 12.2. The zero-order valence-electron chi connectivity index (χ0n) is 16.5. The van der Waals surface area contributed by atoms with Gasteiger partial charge in [0.15, 0.2) is 6.61 Å². The van der Waals surface area contributed by atoms with Crippen LogP contribution in [0.2, 0.25) is 5.02 Å². The molecular weight excluding hydrogens is 408 g/mol. The van der Waals surface area contributed by atoms with Gasteiger partial charge in [0.1, 0.15) is 5.75 Å². The summed E-state index contributed by atoms with van der Waals surface area (Å²) in [5.74, 6) is -1.37. The first-order valence-corrected chi connectivity index (χ1v) is 9.75. The Balaban J connectivity index is 1.75. The first-order valence-electron chi connectivity index (χ1n) is 9.37. The number of hydrogen-bond donors (Lipinski definition) is 3. The predicted octanol–water partition coefficient (Wildman–Crippen LogP) is 2.72. The van der Waals surface area contributed by atoms with E-state index in [1.165, 1.54) is 6.21 Å². The number of anilines is 1. The van der Waals surface area contributed by atoms with Crippen molar-refractivity contribution < 1.29 is 19.1 Å². The molecule has 0 heterocycles. The topological polar surface area (TPSA) is 109 Å². The molecule has 0 unspecified atom stereocenters. The molecule has 2 aromatic rings. The number of carbonyl (C=O) groups excluding carboxylic acids is 3. The fraction of sp³-hybridized carbons (Fsp3) is 0.238. The molecule has 0 radical (unpaired) electrons. The van der Waals surface area contributed by atoms with Crippen LogP contribution in [-0.2, 0) is 14.4 Å². The summed E-state index contributed by atoms with van der Waals surface area (Å²) in [6.45, 7) is 2.27. The van der Waals surface area contributed by atoms with Crippen molar-refractivity contribution in [2.75, 3.05) is 18.5 Å². The largest absolute Gasteiger partial charge is 0.484 e. The van der Waals surface area contributed by atoms with Gasteiger partial charge in [0.05, 0.1) is 6.21 Å². The molecule has 0 saturated heterocycles. The van der Waals surface area contributed by atoms with Gasteiger partial charge < -0.3 is 15.4 Å². The van der Waals surface area contributed by atoms with Crippen LogP contribution in [-0.4, -0.2) is 37.1 Å². The second-order valence-electron chi connectivity index (χ2n) is 6.22. The van der Waals surface area contributed by atoms with Crippen molar-refractivity contribution in [1.29, 1.82) is 0 Å². The molecule has 158 valence electrons. The van der Waals surface area contributed by atoms with E-state index in [2.05, 4.69) is 21.2 Å². The summed E-state index contributed by atoms with van der Waals surface area (Å²) < 4.78 is 5.43. The SMILES string of the molecule is CCCCNC(=O)C(=O)N/N=C\c1ccc(OCC(=O)Nc2cccc(Cl)c2)cc1. The Kier molecular flexibility index (Phi) is 9.33. The number of amides is 3. The smallest absolute Gasteiger partial charge is 0.329 e. The number of unbranched alkanes of at least 4 members (excludes halogenated alkanes) is 1. The van der Waals surface area contributed by atoms with Gasteiger partial charge in [0.25, 0.3) is 5.91 Å². The Hall–Kier alpha value is -3.39. The van der Waals surface area contributed by atoms with Crippen molar-refractivity contribution in [2.45, 2.75) is 19.8 Å². The molecule has 0 fully saturated rings. The van der Waals surface area contributed by atoms with E-state index in [1.54, 1.807) is 48.5 Å². The Morgan fingerprint density at radius 1 is 1.10 bits per heavy atom. The molecule has 0 aliphatic heterocycles. The number of nitrogens with zero attached hydrogens (tertiary/aromatic N) is 1. The monoisotopic (exact) mass is 430 g/mol. The van der Waals surface area contributed by atoms with Crippen molar-refractivity contribution in [2.24, 2.45) is 5.10 Å². The molecule has 0 aromatic heterocycles. The standard InChI is InChI=1S/C21H23ClN4O4/c1-2-3-11-23-20(28)21(29)26-24-13-15-7-9-18(10-8-15)30-14-19(27)25-17-6-4-5-16(22)12-17/h4-10,12-13H,2-3,11,14H2,1H3,(H,23,28)(H,25,27)(H,26,29)/b24-13-. The van der Waals surface area contributed by atoms with Gasteiger partial charge in [-0.1, -0.05) is 31.0 Å². The van der Waals surface area contributed by atoms with Crippen LogP contribution in [0.25, 0.3) is 0 Å². The lowest BCUT2D eigenvalue weighted by Gasteiger charge is -2.08. The third kappa shape index (κ3) is 8.32. The molecule has 0 atom stereocenters. The van der Waals surface area contributed by atoms with Crippen LogP contribution < -0.4 is 20.8 Å². The van der Waals surface area contributed by atoms with Gasteiger partial charge in [-0.05, 0) is 54.4 Å². The first kappa shape index (κ1) is 22.9. The fourth-order valence-electron chi connectivity index (χ4n) is 2.24. The van der Waals surface area contributed by atoms with Crippen molar-refractivity contribution in [3.05, 3.63) is 59.1 Å². The quantitative estimate of drug-likeness (QED) is 0.246. The van der Waals surface area contributed by atoms with Gasteiger partial charge in [-0.15, -0.1) is 0 Å². The van der Waals surface area contributed by atoms with Crippen LogP contribution in [0.4, 0.5) is 5.69 Å². The van der Waals surface area contributed by atoms with E-state index in [-0.39, 0.29) is 12.5 Å². The summed E-state index contributed by atoms with van der Waals surface area (Å²) in [6.07, 6.45) is 3.12. The number of hydrazone groups is 1. The summed E-state index contributed by atoms with van der Waals surface area (Å²) in [6, 6.07) is 13.5. The molecule has 30 heavy (non-hydrogen) atoms. The van der Waals surface area contributed by atoms with E-state index in [4.69, 9.17) is 16.3 Å². The maximum absolute atomic E-state index is 11.9. The van der Waals surface area contributed by atoms with Crippen LogP contribution in [0.1, 0.15) is 25.3 Å². The van der Waals surface area contributed by atoms with Gasteiger partial charge in [-0.2, -0.15) is 5.10 Å². The Bertz CT molecular complexity index is 900. The molecule has 2 rings (SSSR count). The van der Waals surface area contributed by atoms with Crippen LogP contribution in [0.3, 0.4) is 0 Å². The number of hydrogen-bond acceptors (Lipinski definition) is 5. The van der Waals surface area contributed by atoms with E-state index in [1.807, 2.05) is 6.92 Å². The van der Waals surface area contributed by atoms with Crippen LogP contribution >= 0.6 is 11.6 Å². The molecule has 3 amide bonds. The Morgan fingerprint density at radius 3 is 2.57 bits per heavy atom. The van der Waals surface area contributed by atoms with Crippen molar-refractivity contribution in [3.63, 3.8) is 0 Å². The number of halogens is 1.